The second-order valence-electron chi connectivity index (χ2n) is 4.26. The number of hydrogen-bond donors (Lipinski definition) is 0. The van der Waals surface area contributed by atoms with E-state index < -0.39 is 11.9 Å². The summed E-state index contributed by atoms with van der Waals surface area (Å²) in [4.78, 5) is 23.5. The lowest BCUT2D eigenvalue weighted by Gasteiger charge is -2.09. The van der Waals surface area contributed by atoms with Gasteiger partial charge < -0.3 is 14.2 Å². The minimum absolute atomic E-state index is 0.275. The van der Waals surface area contributed by atoms with E-state index in [1.165, 1.54) is 20.3 Å². The molecule has 1 heterocycles. The molecule has 0 amide bonds. The van der Waals surface area contributed by atoms with E-state index in [1.54, 1.807) is 36.4 Å². The highest BCUT2D eigenvalue weighted by molar-refractivity contribution is 7.17. The van der Waals surface area contributed by atoms with Crippen LogP contribution in [0.4, 0.5) is 0 Å². The first-order valence-corrected chi connectivity index (χ1v) is 7.64. The smallest absolute Gasteiger partial charge is 0.353 e. The highest BCUT2D eigenvalue weighted by Gasteiger charge is 2.14. The minimum Gasteiger partial charge on any atom is -0.493 e. The molecule has 0 saturated heterocycles. The molecule has 23 heavy (non-hydrogen) atoms. The van der Waals surface area contributed by atoms with Crippen LogP contribution in [0.25, 0.3) is 6.08 Å². The second kappa shape index (κ2) is 7.80. The van der Waals surface area contributed by atoms with E-state index in [1.807, 2.05) is 0 Å². The molecule has 0 bridgehead atoms. The van der Waals surface area contributed by atoms with Gasteiger partial charge in [-0.25, -0.2) is 9.59 Å². The van der Waals surface area contributed by atoms with Crippen LogP contribution in [0.3, 0.4) is 0 Å². The summed E-state index contributed by atoms with van der Waals surface area (Å²) in [7, 11) is 2.76. The summed E-state index contributed by atoms with van der Waals surface area (Å²) >= 11 is 6.93. The van der Waals surface area contributed by atoms with Crippen LogP contribution in [0.1, 0.15) is 15.2 Å². The highest BCUT2D eigenvalue weighted by Crippen LogP contribution is 2.30. The summed E-state index contributed by atoms with van der Waals surface area (Å²) in [5, 5.41) is 0. The average Bonchev–Trinajstić information content (AvgIpc) is 3.00. The molecular formula is C16H13ClO5S. The first kappa shape index (κ1) is 17.1. The third-order valence-electron chi connectivity index (χ3n) is 2.78. The predicted octanol–water partition coefficient (Wildman–Crippen LogP) is 3.82. The lowest BCUT2D eigenvalue weighted by molar-refractivity contribution is -0.134. The van der Waals surface area contributed by atoms with E-state index in [2.05, 4.69) is 4.74 Å². The van der Waals surface area contributed by atoms with Gasteiger partial charge in [-0.15, -0.1) is 11.3 Å². The molecule has 120 valence electrons. The molecule has 2 aromatic rings. The van der Waals surface area contributed by atoms with Crippen molar-refractivity contribution < 1.29 is 23.8 Å². The Morgan fingerprint density at radius 2 is 1.91 bits per heavy atom. The zero-order valence-corrected chi connectivity index (χ0v) is 13.9. The molecule has 0 N–H and O–H groups in total. The molecule has 5 nitrogen and oxygen atoms in total. The standard InChI is InChI=1S/C16H13ClO5S/c1-20-12-9-10(4-8-15(18)21-2)3-5-11(12)22-16(19)13-6-7-14(17)23-13/h3-9H,1-2H3/b8-4+. The van der Waals surface area contributed by atoms with Crippen LogP contribution in [0.2, 0.25) is 4.34 Å². The first-order valence-electron chi connectivity index (χ1n) is 6.45. The summed E-state index contributed by atoms with van der Waals surface area (Å²) in [5.74, 6) is -0.336. The lowest BCUT2D eigenvalue weighted by Crippen LogP contribution is -2.07. The molecule has 0 spiro atoms. The Labute approximate surface area is 142 Å². The Morgan fingerprint density at radius 3 is 2.52 bits per heavy atom. The number of carbonyl (C=O) groups is 2. The van der Waals surface area contributed by atoms with Crippen molar-refractivity contribution in [1.82, 2.24) is 0 Å². The van der Waals surface area contributed by atoms with E-state index in [-0.39, 0.29) is 5.75 Å². The maximum Gasteiger partial charge on any atom is 0.353 e. The first-order chi connectivity index (χ1) is 11.0. The minimum atomic E-state index is -0.516. The van der Waals surface area contributed by atoms with Crippen molar-refractivity contribution in [2.24, 2.45) is 0 Å². The summed E-state index contributed by atoms with van der Waals surface area (Å²) in [6, 6.07) is 8.13. The molecule has 0 atom stereocenters. The van der Waals surface area contributed by atoms with Crippen molar-refractivity contribution >= 4 is 41.0 Å². The predicted molar refractivity (Wildman–Crippen MR) is 88.3 cm³/mol. The van der Waals surface area contributed by atoms with Crippen molar-refractivity contribution in [2.75, 3.05) is 14.2 Å². The van der Waals surface area contributed by atoms with Gasteiger partial charge in [0.1, 0.15) is 4.88 Å². The number of ether oxygens (including phenoxy) is 3. The molecule has 0 radical (unpaired) electrons. The van der Waals surface area contributed by atoms with Crippen molar-refractivity contribution in [3.8, 4) is 11.5 Å². The van der Waals surface area contributed by atoms with Gasteiger partial charge in [0.2, 0.25) is 0 Å². The van der Waals surface area contributed by atoms with Crippen LogP contribution in [0.5, 0.6) is 11.5 Å². The highest BCUT2D eigenvalue weighted by atomic mass is 35.5. The summed E-state index contributed by atoms with van der Waals surface area (Å²) < 4.78 is 15.5. The Bertz CT molecular complexity index is 751. The van der Waals surface area contributed by atoms with Crippen LogP contribution in [0.15, 0.2) is 36.4 Å². The third kappa shape index (κ3) is 4.58. The Hall–Kier alpha value is -2.31. The monoisotopic (exact) mass is 352 g/mol. The maximum atomic E-state index is 12.0. The topological polar surface area (TPSA) is 61.8 Å². The van der Waals surface area contributed by atoms with Gasteiger partial charge in [-0.3, -0.25) is 0 Å². The van der Waals surface area contributed by atoms with Crippen LogP contribution in [-0.2, 0) is 9.53 Å². The van der Waals surface area contributed by atoms with E-state index in [0.717, 1.165) is 11.3 Å². The number of methoxy groups -OCH3 is 2. The van der Waals surface area contributed by atoms with Crippen molar-refractivity contribution in [3.63, 3.8) is 0 Å². The Balaban J connectivity index is 2.18. The van der Waals surface area contributed by atoms with E-state index in [4.69, 9.17) is 21.1 Å². The van der Waals surface area contributed by atoms with E-state index in [9.17, 15) is 9.59 Å². The molecule has 1 aromatic heterocycles. The molecule has 0 fully saturated rings. The zero-order chi connectivity index (χ0) is 16.8. The SMILES string of the molecule is COC(=O)/C=C/c1ccc(OC(=O)c2ccc(Cl)s2)c(OC)c1. The number of halogens is 1. The summed E-state index contributed by atoms with van der Waals surface area (Å²) in [6.07, 6.45) is 2.85. The van der Waals surface area contributed by atoms with Gasteiger partial charge in [0.05, 0.1) is 18.6 Å². The van der Waals surface area contributed by atoms with Crippen LogP contribution in [-0.4, -0.2) is 26.2 Å². The fourth-order valence-electron chi connectivity index (χ4n) is 1.68. The van der Waals surface area contributed by atoms with Crippen molar-refractivity contribution in [1.29, 1.82) is 0 Å². The van der Waals surface area contributed by atoms with Gasteiger partial charge in [0.15, 0.2) is 11.5 Å². The molecular weight excluding hydrogens is 340 g/mol. The molecule has 7 heteroatoms. The van der Waals surface area contributed by atoms with Crippen LogP contribution in [0, 0.1) is 0 Å². The largest absolute Gasteiger partial charge is 0.493 e. The van der Waals surface area contributed by atoms with Gasteiger partial charge in [0.25, 0.3) is 0 Å². The molecule has 0 aliphatic heterocycles. The molecule has 1 aromatic carbocycles. The molecule has 0 aliphatic rings. The molecule has 0 aliphatic carbocycles. The zero-order valence-electron chi connectivity index (χ0n) is 12.4. The van der Waals surface area contributed by atoms with Crippen molar-refractivity contribution in [2.45, 2.75) is 0 Å². The van der Waals surface area contributed by atoms with E-state index >= 15 is 0 Å². The van der Waals surface area contributed by atoms with Crippen molar-refractivity contribution in [3.05, 3.63) is 51.2 Å². The summed E-state index contributed by atoms with van der Waals surface area (Å²) in [6.45, 7) is 0. The van der Waals surface area contributed by atoms with E-state index in [0.29, 0.717) is 20.5 Å². The number of thiophene rings is 1. The van der Waals surface area contributed by atoms with Gasteiger partial charge in [-0.2, -0.15) is 0 Å². The number of carbonyl (C=O) groups excluding carboxylic acids is 2. The van der Waals surface area contributed by atoms with Gasteiger partial charge in [-0.1, -0.05) is 17.7 Å². The number of esters is 2. The van der Waals surface area contributed by atoms with Gasteiger partial charge in [0, 0.05) is 6.08 Å². The van der Waals surface area contributed by atoms with Crippen LogP contribution >= 0.6 is 22.9 Å². The lowest BCUT2D eigenvalue weighted by atomic mass is 10.2. The van der Waals surface area contributed by atoms with Crippen LogP contribution < -0.4 is 9.47 Å². The maximum absolute atomic E-state index is 12.0. The number of rotatable bonds is 5. The van der Waals surface area contributed by atoms with Gasteiger partial charge >= 0.3 is 11.9 Å². The quantitative estimate of drug-likeness (QED) is 0.465. The third-order valence-corrected chi connectivity index (χ3v) is 3.99. The Kier molecular flexibility index (Phi) is 5.78. The molecule has 2 rings (SSSR count). The fraction of sp³-hybridized carbons (Fsp3) is 0.125. The van der Waals surface area contributed by atoms with Gasteiger partial charge in [-0.05, 0) is 35.9 Å². The molecule has 0 saturated carbocycles. The second-order valence-corrected chi connectivity index (χ2v) is 5.98. The Morgan fingerprint density at radius 1 is 1.13 bits per heavy atom. The number of benzene rings is 1. The normalized spacial score (nSPS) is 10.6. The molecule has 0 unspecified atom stereocenters. The summed E-state index contributed by atoms with van der Waals surface area (Å²) in [5.41, 5.74) is 0.700. The fourth-order valence-corrected chi connectivity index (χ4v) is 2.60. The number of hydrogen-bond acceptors (Lipinski definition) is 6. The average molecular weight is 353 g/mol.